The summed E-state index contributed by atoms with van der Waals surface area (Å²) in [7, 11) is -3.72. The number of hydrogen-bond donors (Lipinski definition) is 2. The Morgan fingerprint density at radius 1 is 1.35 bits per heavy atom. The molecule has 0 fully saturated rings. The van der Waals surface area contributed by atoms with Crippen LogP contribution in [-0.4, -0.2) is 38.0 Å². The third-order valence-electron chi connectivity index (χ3n) is 4.22. The Balaban J connectivity index is 2.58. The van der Waals surface area contributed by atoms with E-state index in [9.17, 15) is 12.8 Å². The quantitative estimate of drug-likeness (QED) is 0.799. The van der Waals surface area contributed by atoms with Crippen molar-refractivity contribution >= 4 is 21.4 Å². The fraction of sp³-hybridized carbons (Fsp3) is 0.533. The van der Waals surface area contributed by atoms with Gasteiger partial charge in [0.25, 0.3) is 0 Å². The number of nitrogens with two attached hydrogens (primary N) is 2. The van der Waals surface area contributed by atoms with Crippen LogP contribution in [0.2, 0.25) is 0 Å². The van der Waals surface area contributed by atoms with Crippen molar-refractivity contribution in [3.05, 3.63) is 29.6 Å². The third-order valence-corrected chi connectivity index (χ3v) is 6.86. The molecule has 128 valence electrons. The molecular weight excluding hydrogens is 321 g/mol. The Kier molecular flexibility index (Phi) is 4.42. The fourth-order valence-electron chi connectivity index (χ4n) is 2.66. The zero-order valence-electron chi connectivity index (χ0n) is 13.5. The lowest BCUT2D eigenvalue weighted by atomic mass is 9.92. The molecule has 0 bridgehead atoms. The topological polar surface area (TPSA) is 108 Å². The van der Waals surface area contributed by atoms with Crippen molar-refractivity contribution in [2.24, 2.45) is 10.7 Å². The van der Waals surface area contributed by atoms with Gasteiger partial charge in [0, 0.05) is 17.9 Å². The van der Waals surface area contributed by atoms with E-state index in [-0.39, 0.29) is 23.8 Å². The number of hydrogen-bond acceptors (Lipinski definition) is 6. The van der Waals surface area contributed by atoms with Crippen LogP contribution in [0.1, 0.15) is 26.3 Å². The van der Waals surface area contributed by atoms with Crippen molar-refractivity contribution in [1.82, 2.24) is 0 Å². The molecular formula is C15H22FN3O3S. The summed E-state index contributed by atoms with van der Waals surface area (Å²) in [5.74, 6) is -1.02. The highest BCUT2D eigenvalue weighted by Crippen LogP contribution is 2.38. The molecule has 0 aliphatic carbocycles. The number of ether oxygens (including phenoxy) is 1. The first-order valence-electron chi connectivity index (χ1n) is 7.27. The SMILES string of the molecule is CCOC[C@]1(C)C(N)=N[C@](C)(c2cc(N)ccc2F)CS1(=O)=O. The van der Waals surface area contributed by atoms with Crippen molar-refractivity contribution in [1.29, 1.82) is 0 Å². The van der Waals surface area contributed by atoms with Gasteiger partial charge in [0.05, 0.1) is 12.4 Å². The molecule has 0 amide bonds. The highest BCUT2D eigenvalue weighted by Gasteiger charge is 2.52. The second kappa shape index (κ2) is 5.76. The predicted molar refractivity (Wildman–Crippen MR) is 88.5 cm³/mol. The average molecular weight is 343 g/mol. The lowest BCUT2D eigenvalue weighted by Gasteiger charge is -2.39. The van der Waals surface area contributed by atoms with Gasteiger partial charge in [0.1, 0.15) is 21.9 Å². The summed E-state index contributed by atoms with van der Waals surface area (Å²) in [6.45, 7) is 5.05. The van der Waals surface area contributed by atoms with Gasteiger partial charge in [-0.25, -0.2) is 12.8 Å². The van der Waals surface area contributed by atoms with Crippen LogP contribution < -0.4 is 11.5 Å². The molecule has 1 aliphatic rings. The lowest BCUT2D eigenvalue weighted by molar-refractivity contribution is 0.138. The average Bonchev–Trinajstić information content (AvgIpc) is 2.45. The van der Waals surface area contributed by atoms with E-state index < -0.39 is 25.9 Å². The number of nitrogen functional groups attached to an aromatic ring is 1. The van der Waals surface area contributed by atoms with E-state index >= 15 is 0 Å². The van der Waals surface area contributed by atoms with Crippen LogP contribution in [0, 0.1) is 5.82 Å². The molecule has 1 aromatic rings. The van der Waals surface area contributed by atoms with Crippen molar-refractivity contribution in [2.75, 3.05) is 24.7 Å². The Morgan fingerprint density at radius 3 is 2.57 bits per heavy atom. The van der Waals surface area contributed by atoms with Gasteiger partial charge in [0.15, 0.2) is 9.84 Å². The zero-order chi connectivity index (χ0) is 17.5. The summed E-state index contributed by atoms with van der Waals surface area (Å²) in [4.78, 5) is 4.33. The summed E-state index contributed by atoms with van der Waals surface area (Å²) in [5.41, 5.74) is 10.8. The van der Waals surface area contributed by atoms with E-state index in [0.717, 1.165) is 0 Å². The highest BCUT2D eigenvalue weighted by molar-refractivity contribution is 7.93. The van der Waals surface area contributed by atoms with E-state index in [1.54, 1.807) is 6.92 Å². The van der Waals surface area contributed by atoms with E-state index in [1.165, 1.54) is 32.0 Å². The number of benzene rings is 1. The lowest BCUT2D eigenvalue weighted by Crippen LogP contribution is -2.59. The molecule has 6 nitrogen and oxygen atoms in total. The molecule has 8 heteroatoms. The van der Waals surface area contributed by atoms with E-state index in [0.29, 0.717) is 12.3 Å². The van der Waals surface area contributed by atoms with Gasteiger partial charge in [0.2, 0.25) is 0 Å². The Labute approximate surface area is 135 Å². The minimum absolute atomic E-state index is 0.0819. The molecule has 1 heterocycles. The second-order valence-corrected chi connectivity index (χ2v) is 8.56. The largest absolute Gasteiger partial charge is 0.399 e. The van der Waals surface area contributed by atoms with Crippen molar-refractivity contribution in [2.45, 2.75) is 31.1 Å². The first-order chi connectivity index (χ1) is 10.6. The normalized spacial score (nSPS) is 30.0. The number of rotatable bonds is 4. The molecule has 0 unspecified atom stereocenters. The summed E-state index contributed by atoms with van der Waals surface area (Å²) < 4.78 is 43.7. The fourth-order valence-corrected chi connectivity index (χ4v) is 4.56. The molecule has 0 saturated heterocycles. The van der Waals surface area contributed by atoms with E-state index in [4.69, 9.17) is 16.2 Å². The zero-order valence-corrected chi connectivity index (χ0v) is 14.3. The predicted octanol–water partition coefficient (Wildman–Crippen LogP) is 1.20. The Morgan fingerprint density at radius 2 is 2.00 bits per heavy atom. The Bertz CT molecular complexity index is 750. The maximum Gasteiger partial charge on any atom is 0.167 e. The third kappa shape index (κ3) is 2.92. The van der Waals surface area contributed by atoms with Crippen LogP contribution in [0.15, 0.2) is 23.2 Å². The van der Waals surface area contributed by atoms with Crippen LogP contribution in [0.25, 0.3) is 0 Å². The highest BCUT2D eigenvalue weighted by atomic mass is 32.2. The van der Waals surface area contributed by atoms with Gasteiger partial charge in [-0.3, -0.25) is 4.99 Å². The minimum atomic E-state index is -3.72. The van der Waals surface area contributed by atoms with Gasteiger partial charge in [-0.2, -0.15) is 0 Å². The number of amidine groups is 1. The number of halogens is 1. The maximum atomic E-state index is 14.2. The van der Waals surface area contributed by atoms with Gasteiger partial charge in [-0.05, 0) is 39.0 Å². The first kappa shape index (κ1) is 17.7. The van der Waals surface area contributed by atoms with Crippen LogP contribution >= 0.6 is 0 Å². The number of anilines is 1. The van der Waals surface area contributed by atoms with Crippen LogP contribution in [0.4, 0.5) is 10.1 Å². The standard InChI is InChI=1S/C15H22FN3O3S/c1-4-22-8-15(3)13(18)19-14(2,9-23(15,20)21)11-7-10(17)5-6-12(11)16/h5-7H,4,8-9,17H2,1-3H3,(H2,18,19)/t14-,15+/m0/s1. The van der Waals surface area contributed by atoms with Gasteiger partial charge >= 0.3 is 0 Å². The number of sulfone groups is 1. The van der Waals surface area contributed by atoms with Crippen molar-refractivity contribution in [3.8, 4) is 0 Å². The molecule has 0 aromatic heterocycles. The molecule has 4 N–H and O–H groups in total. The summed E-state index contributed by atoms with van der Waals surface area (Å²) >= 11 is 0. The molecule has 0 saturated carbocycles. The van der Waals surface area contributed by atoms with Crippen LogP contribution in [0.5, 0.6) is 0 Å². The van der Waals surface area contributed by atoms with Crippen molar-refractivity contribution < 1.29 is 17.5 Å². The molecule has 0 radical (unpaired) electrons. The molecule has 2 rings (SSSR count). The molecule has 23 heavy (non-hydrogen) atoms. The molecule has 0 spiro atoms. The van der Waals surface area contributed by atoms with Gasteiger partial charge in [-0.1, -0.05) is 0 Å². The Hall–Kier alpha value is -1.67. The first-order valence-corrected chi connectivity index (χ1v) is 8.92. The van der Waals surface area contributed by atoms with Gasteiger partial charge in [-0.15, -0.1) is 0 Å². The smallest absolute Gasteiger partial charge is 0.167 e. The number of nitrogens with zero attached hydrogens (tertiary/aromatic N) is 1. The van der Waals surface area contributed by atoms with E-state index in [1.807, 2.05) is 0 Å². The maximum absolute atomic E-state index is 14.2. The molecule has 2 atom stereocenters. The van der Waals surface area contributed by atoms with Crippen LogP contribution in [0.3, 0.4) is 0 Å². The second-order valence-electron chi connectivity index (χ2n) is 6.14. The summed E-state index contributed by atoms with van der Waals surface area (Å²) in [5, 5.41) is 0. The van der Waals surface area contributed by atoms with Crippen molar-refractivity contribution in [3.63, 3.8) is 0 Å². The summed E-state index contributed by atoms with van der Waals surface area (Å²) in [6, 6.07) is 4.00. The molecule has 1 aliphatic heterocycles. The molecule has 1 aromatic carbocycles. The monoisotopic (exact) mass is 343 g/mol. The van der Waals surface area contributed by atoms with E-state index in [2.05, 4.69) is 4.99 Å². The van der Waals surface area contributed by atoms with Gasteiger partial charge < -0.3 is 16.2 Å². The van der Waals surface area contributed by atoms with Crippen LogP contribution in [-0.2, 0) is 20.1 Å². The minimum Gasteiger partial charge on any atom is -0.399 e. The number of aliphatic imine (C=N–C) groups is 1. The summed E-state index contributed by atoms with van der Waals surface area (Å²) in [6.07, 6.45) is 0.